The zero-order valence-corrected chi connectivity index (χ0v) is 21.3. The highest BCUT2D eigenvalue weighted by Crippen LogP contribution is 2.43. The third-order valence-electron chi connectivity index (χ3n) is 6.08. The van der Waals surface area contributed by atoms with E-state index in [1.165, 1.54) is 17.0 Å². The van der Waals surface area contributed by atoms with Gasteiger partial charge in [-0.25, -0.2) is 0 Å². The molecule has 1 aliphatic heterocycles. The monoisotopic (exact) mass is 536 g/mol. The Balaban J connectivity index is 1.67. The molecule has 1 saturated heterocycles. The molecule has 0 saturated carbocycles. The van der Waals surface area contributed by atoms with E-state index in [-0.39, 0.29) is 12.1 Å². The SMILES string of the molecule is Cc1cc([C@@H]2[C@@H](c3ccccn3)NC(=S)N2c2ccc(Cl)cc2)c(C)n1-c1ccc(Br)cc1. The fourth-order valence-corrected chi connectivity index (χ4v) is 5.36. The van der Waals surface area contributed by atoms with Gasteiger partial charge in [0.2, 0.25) is 0 Å². The maximum Gasteiger partial charge on any atom is 0.174 e. The highest BCUT2D eigenvalue weighted by molar-refractivity contribution is 9.10. The van der Waals surface area contributed by atoms with Gasteiger partial charge in [-0.05, 0) is 98.4 Å². The Bertz CT molecular complexity index is 1300. The molecular weight excluding hydrogens is 516 g/mol. The van der Waals surface area contributed by atoms with Gasteiger partial charge >= 0.3 is 0 Å². The summed E-state index contributed by atoms with van der Waals surface area (Å²) in [7, 11) is 0. The number of halogens is 2. The summed E-state index contributed by atoms with van der Waals surface area (Å²) in [5, 5.41) is 4.90. The van der Waals surface area contributed by atoms with Crippen LogP contribution in [0.15, 0.2) is 83.5 Å². The second kappa shape index (κ2) is 8.93. The summed E-state index contributed by atoms with van der Waals surface area (Å²) in [4.78, 5) is 6.84. The molecule has 1 fully saturated rings. The number of anilines is 1. The van der Waals surface area contributed by atoms with E-state index >= 15 is 0 Å². The topological polar surface area (TPSA) is 33.1 Å². The van der Waals surface area contributed by atoms with Crippen LogP contribution in [0.1, 0.15) is 34.7 Å². The third kappa shape index (κ3) is 4.07. The summed E-state index contributed by atoms with van der Waals surface area (Å²) in [5.41, 5.74) is 6.61. The van der Waals surface area contributed by atoms with E-state index in [0.29, 0.717) is 10.1 Å². The Kier molecular flexibility index (Phi) is 5.99. The first-order valence-electron chi connectivity index (χ1n) is 10.6. The van der Waals surface area contributed by atoms with Crippen LogP contribution >= 0.6 is 39.7 Å². The number of hydrogen-bond acceptors (Lipinski definition) is 2. The van der Waals surface area contributed by atoms with E-state index in [4.69, 9.17) is 23.8 Å². The van der Waals surface area contributed by atoms with Crippen LogP contribution < -0.4 is 10.2 Å². The molecule has 3 heterocycles. The molecule has 0 spiro atoms. The molecular formula is C26H22BrClN4S. The molecule has 7 heteroatoms. The summed E-state index contributed by atoms with van der Waals surface area (Å²) in [6, 6.07) is 24.3. The fourth-order valence-electron chi connectivity index (χ4n) is 4.63. The predicted octanol–water partition coefficient (Wildman–Crippen LogP) is 7.08. The van der Waals surface area contributed by atoms with Crippen LogP contribution in [0, 0.1) is 13.8 Å². The molecule has 4 nitrogen and oxygen atoms in total. The van der Waals surface area contributed by atoms with Gasteiger partial charge in [-0.1, -0.05) is 33.6 Å². The van der Waals surface area contributed by atoms with Gasteiger partial charge in [0.05, 0.1) is 17.8 Å². The molecule has 0 unspecified atom stereocenters. The average molecular weight is 538 g/mol. The molecule has 4 aromatic rings. The van der Waals surface area contributed by atoms with Crippen molar-refractivity contribution in [1.29, 1.82) is 0 Å². The summed E-state index contributed by atoms with van der Waals surface area (Å²) < 4.78 is 3.35. The number of hydrogen-bond donors (Lipinski definition) is 1. The third-order valence-corrected chi connectivity index (χ3v) is 7.17. The lowest BCUT2D eigenvalue weighted by molar-refractivity contribution is 0.565. The van der Waals surface area contributed by atoms with E-state index in [1.54, 1.807) is 0 Å². The highest BCUT2D eigenvalue weighted by Gasteiger charge is 2.42. The molecule has 2 aromatic heterocycles. The van der Waals surface area contributed by atoms with E-state index in [0.717, 1.165) is 21.5 Å². The van der Waals surface area contributed by atoms with Gasteiger partial charge in [0.25, 0.3) is 0 Å². The molecule has 2 aromatic carbocycles. The van der Waals surface area contributed by atoms with Crippen LogP contribution in [0.4, 0.5) is 5.69 Å². The van der Waals surface area contributed by atoms with Crippen LogP contribution in [0.3, 0.4) is 0 Å². The largest absolute Gasteiger partial charge is 0.351 e. The van der Waals surface area contributed by atoms with Crippen molar-refractivity contribution in [1.82, 2.24) is 14.9 Å². The minimum Gasteiger partial charge on any atom is -0.351 e. The van der Waals surface area contributed by atoms with Gasteiger partial charge in [-0.15, -0.1) is 0 Å². The number of thiocarbonyl (C=S) groups is 1. The van der Waals surface area contributed by atoms with Gasteiger partial charge < -0.3 is 14.8 Å². The van der Waals surface area contributed by atoms with Gasteiger partial charge in [-0.2, -0.15) is 0 Å². The lowest BCUT2D eigenvalue weighted by Gasteiger charge is -2.28. The maximum absolute atomic E-state index is 6.18. The first-order chi connectivity index (χ1) is 15.9. The summed E-state index contributed by atoms with van der Waals surface area (Å²) in [6.45, 7) is 4.31. The van der Waals surface area contributed by atoms with Crippen molar-refractivity contribution in [2.75, 3.05) is 4.90 Å². The maximum atomic E-state index is 6.18. The van der Waals surface area contributed by atoms with Crippen molar-refractivity contribution < 1.29 is 0 Å². The van der Waals surface area contributed by atoms with E-state index in [9.17, 15) is 0 Å². The second-order valence-electron chi connectivity index (χ2n) is 8.11. The average Bonchev–Trinajstić information content (AvgIpc) is 3.31. The molecule has 2 atom stereocenters. The number of nitrogens with zero attached hydrogens (tertiary/aromatic N) is 3. The second-order valence-corrected chi connectivity index (χ2v) is 9.85. The standard InChI is InChI=1S/C26H22BrClN4S/c1-16-15-22(17(2)31(16)20-10-6-18(27)7-11-20)25-24(23-5-3-4-14-29-23)30-26(33)32(25)21-12-8-19(28)9-13-21/h3-15,24-25H,1-2H3,(H,30,33)/t24-,25-/m1/s1. The van der Waals surface area contributed by atoms with E-state index < -0.39 is 0 Å². The minimum absolute atomic E-state index is 0.0658. The van der Waals surface area contributed by atoms with Gasteiger partial charge in [0.15, 0.2) is 5.11 Å². The van der Waals surface area contributed by atoms with Crippen LogP contribution in [-0.2, 0) is 0 Å². The highest BCUT2D eigenvalue weighted by atomic mass is 79.9. The van der Waals surface area contributed by atoms with Crippen molar-refractivity contribution >= 4 is 50.5 Å². The smallest absolute Gasteiger partial charge is 0.174 e. The lowest BCUT2D eigenvalue weighted by atomic mass is 9.96. The summed E-state index contributed by atoms with van der Waals surface area (Å²) in [6.07, 6.45) is 1.83. The molecule has 5 rings (SSSR count). The number of rotatable bonds is 4. The molecule has 0 radical (unpaired) electrons. The van der Waals surface area contributed by atoms with Crippen LogP contribution in [0.2, 0.25) is 5.02 Å². The van der Waals surface area contributed by atoms with Crippen LogP contribution in [-0.4, -0.2) is 14.7 Å². The zero-order valence-electron chi connectivity index (χ0n) is 18.2. The van der Waals surface area contributed by atoms with Gasteiger partial charge in [0.1, 0.15) is 0 Å². The predicted molar refractivity (Wildman–Crippen MR) is 142 cm³/mol. The van der Waals surface area contributed by atoms with Crippen LogP contribution in [0.25, 0.3) is 5.69 Å². The van der Waals surface area contributed by atoms with Crippen molar-refractivity contribution in [2.24, 2.45) is 0 Å². The van der Waals surface area contributed by atoms with E-state index in [2.05, 4.69) is 79.9 Å². The lowest BCUT2D eigenvalue weighted by Crippen LogP contribution is -2.29. The molecule has 1 N–H and O–H groups in total. The molecule has 0 aliphatic carbocycles. The molecule has 0 bridgehead atoms. The molecule has 166 valence electrons. The molecule has 1 aliphatic rings. The fraction of sp³-hybridized carbons (Fsp3) is 0.154. The summed E-state index contributed by atoms with van der Waals surface area (Å²) in [5.74, 6) is 0. The number of aryl methyl sites for hydroxylation is 1. The Morgan fingerprint density at radius 2 is 1.67 bits per heavy atom. The molecule has 33 heavy (non-hydrogen) atoms. The van der Waals surface area contributed by atoms with Gasteiger partial charge in [0, 0.05) is 38.5 Å². The van der Waals surface area contributed by atoms with E-state index in [1.807, 2.05) is 48.7 Å². The Morgan fingerprint density at radius 3 is 2.33 bits per heavy atom. The quantitative estimate of drug-likeness (QED) is 0.282. The summed E-state index contributed by atoms with van der Waals surface area (Å²) >= 11 is 15.6. The van der Waals surface area contributed by atoms with Crippen molar-refractivity contribution in [3.63, 3.8) is 0 Å². The normalized spacial score (nSPS) is 17.9. The van der Waals surface area contributed by atoms with Crippen molar-refractivity contribution in [3.8, 4) is 5.69 Å². The number of aromatic nitrogens is 2. The first-order valence-corrected chi connectivity index (χ1v) is 12.2. The Labute approximate surface area is 212 Å². The van der Waals surface area contributed by atoms with Crippen LogP contribution in [0.5, 0.6) is 0 Å². The number of pyridine rings is 1. The van der Waals surface area contributed by atoms with Crippen molar-refractivity contribution in [3.05, 3.63) is 111 Å². The Hall–Kier alpha value is -2.67. The van der Waals surface area contributed by atoms with Crippen molar-refractivity contribution in [2.45, 2.75) is 25.9 Å². The zero-order chi connectivity index (χ0) is 23.1. The van der Waals surface area contributed by atoms with Gasteiger partial charge in [-0.3, -0.25) is 4.98 Å². The minimum atomic E-state index is -0.0896. The number of nitrogens with one attached hydrogen (secondary N) is 1. The Morgan fingerprint density at radius 1 is 0.970 bits per heavy atom. The molecule has 0 amide bonds. The number of benzene rings is 2. The first kappa shape index (κ1) is 22.1.